The molecule has 140 valence electrons. The minimum absolute atomic E-state index is 0.313. The third-order valence-electron chi connectivity index (χ3n) is 4.43. The van der Waals surface area contributed by atoms with E-state index in [1.54, 1.807) is 19.2 Å². The molecule has 0 saturated carbocycles. The highest BCUT2D eigenvalue weighted by Crippen LogP contribution is 2.18. The molecular weight excluding hydrogens is 314 g/mol. The van der Waals surface area contributed by atoms with Gasteiger partial charge in [0.05, 0.1) is 19.8 Å². The van der Waals surface area contributed by atoms with Gasteiger partial charge in [-0.25, -0.2) is 4.79 Å². The molecule has 1 rings (SSSR count). The first-order valence-corrected chi connectivity index (χ1v) is 9.25. The Kier molecular flexibility index (Phi) is 10.8. The molecule has 0 heterocycles. The smallest absolute Gasteiger partial charge is 0.337 e. The molecule has 0 aromatic heterocycles. The number of carbonyl (C=O) groups is 1. The summed E-state index contributed by atoms with van der Waals surface area (Å²) in [5.74, 6) is -0.313. The monoisotopic (exact) mass is 347 g/mol. The maximum atomic E-state index is 11.5. The molecule has 0 aliphatic rings. The maximum Gasteiger partial charge on any atom is 0.337 e. The van der Waals surface area contributed by atoms with Crippen LogP contribution in [0.25, 0.3) is 0 Å². The molecule has 1 unspecified atom stereocenters. The van der Waals surface area contributed by atoms with Crippen molar-refractivity contribution in [2.45, 2.75) is 64.5 Å². The predicted octanol–water partition coefficient (Wildman–Crippen LogP) is 5.14. The third kappa shape index (κ3) is 7.84. The molecule has 1 atom stereocenters. The van der Waals surface area contributed by atoms with Crippen molar-refractivity contribution < 1.29 is 14.4 Å². The minimum Gasteiger partial charge on any atom is -0.465 e. The van der Waals surface area contributed by atoms with Crippen LogP contribution < -0.4 is 0 Å². The zero-order valence-electron chi connectivity index (χ0n) is 16.0. The van der Waals surface area contributed by atoms with Crippen LogP contribution in [-0.2, 0) is 16.1 Å². The molecule has 0 fully saturated rings. The summed E-state index contributed by atoms with van der Waals surface area (Å²) in [5.41, 5.74) is 1.67. The van der Waals surface area contributed by atoms with Crippen molar-refractivity contribution in [3.8, 4) is 0 Å². The van der Waals surface area contributed by atoms with Gasteiger partial charge in [-0.15, -0.1) is 6.58 Å². The molecule has 1 aromatic rings. The van der Waals surface area contributed by atoms with Crippen LogP contribution in [0.4, 0.5) is 0 Å². The Bertz CT molecular complexity index is 498. The van der Waals surface area contributed by atoms with E-state index < -0.39 is 0 Å². The quantitative estimate of drug-likeness (QED) is 0.214. The van der Waals surface area contributed by atoms with Gasteiger partial charge in [0.1, 0.15) is 0 Å². The van der Waals surface area contributed by atoms with E-state index in [2.05, 4.69) is 13.5 Å². The van der Waals surface area contributed by atoms with Crippen molar-refractivity contribution >= 4 is 5.97 Å². The first kappa shape index (κ1) is 21.4. The summed E-state index contributed by atoms with van der Waals surface area (Å²) in [5, 5.41) is 2.02. The zero-order chi connectivity index (χ0) is 18.5. The Hall–Kier alpha value is -1.65. The van der Waals surface area contributed by atoms with Crippen LogP contribution in [0.5, 0.6) is 0 Å². The number of hydrogen-bond acceptors (Lipinski definition) is 4. The lowest BCUT2D eigenvalue weighted by Crippen LogP contribution is -2.33. The van der Waals surface area contributed by atoms with E-state index in [0.29, 0.717) is 18.2 Å². The molecule has 0 saturated heterocycles. The highest BCUT2D eigenvalue weighted by atomic mass is 16.7. The fourth-order valence-corrected chi connectivity index (χ4v) is 2.94. The molecule has 0 N–H and O–H groups in total. The summed E-state index contributed by atoms with van der Waals surface area (Å²) < 4.78 is 4.74. The second-order valence-electron chi connectivity index (χ2n) is 6.33. The van der Waals surface area contributed by atoms with Gasteiger partial charge in [-0.1, -0.05) is 57.2 Å². The molecule has 4 heteroatoms. The fraction of sp³-hybridized carbons (Fsp3) is 0.571. The van der Waals surface area contributed by atoms with Crippen molar-refractivity contribution in [1.29, 1.82) is 0 Å². The van der Waals surface area contributed by atoms with E-state index in [4.69, 9.17) is 9.57 Å². The van der Waals surface area contributed by atoms with Crippen molar-refractivity contribution in [2.75, 3.05) is 14.2 Å². The minimum atomic E-state index is -0.313. The number of rotatable bonds is 13. The summed E-state index contributed by atoms with van der Waals surface area (Å²) in [6, 6.07) is 7.81. The van der Waals surface area contributed by atoms with Crippen molar-refractivity contribution in [3.63, 3.8) is 0 Å². The third-order valence-corrected chi connectivity index (χ3v) is 4.43. The van der Waals surface area contributed by atoms with E-state index in [1.807, 2.05) is 23.3 Å². The van der Waals surface area contributed by atoms with Crippen LogP contribution in [0.2, 0.25) is 0 Å². The molecule has 4 nitrogen and oxygen atoms in total. The van der Waals surface area contributed by atoms with Gasteiger partial charge in [-0.3, -0.25) is 0 Å². The van der Waals surface area contributed by atoms with Crippen molar-refractivity contribution in [3.05, 3.63) is 48.0 Å². The van der Waals surface area contributed by atoms with Gasteiger partial charge >= 0.3 is 5.97 Å². The van der Waals surface area contributed by atoms with Crippen molar-refractivity contribution in [1.82, 2.24) is 5.06 Å². The van der Waals surface area contributed by atoms with E-state index >= 15 is 0 Å². The summed E-state index contributed by atoms with van der Waals surface area (Å²) in [7, 11) is 3.11. The molecule has 0 spiro atoms. The maximum absolute atomic E-state index is 11.5. The molecule has 0 aliphatic heterocycles. The van der Waals surface area contributed by atoms with Crippen molar-refractivity contribution in [2.24, 2.45) is 0 Å². The molecule has 0 aliphatic carbocycles. The van der Waals surface area contributed by atoms with Crippen LogP contribution >= 0.6 is 0 Å². The van der Waals surface area contributed by atoms with E-state index in [0.717, 1.165) is 18.4 Å². The van der Waals surface area contributed by atoms with Gasteiger partial charge in [-0.2, -0.15) is 5.06 Å². The average molecular weight is 347 g/mol. The summed E-state index contributed by atoms with van der Waals surface area (Å²) in [6.07, 6.45) is 10.3. The Balaban J connectivity index is 2.62. The number of methoxy groups -OCH3 is 1. The van der Waals surface area contributed by atoms with Crippen LogP contribution in [0.15, 0.2) is 36.9 Å². The summed E-state index contributed by atoms with van der Waals surface area (Å²) in [6.45, 7) is 6.81. The molecular formula is C21H33NO3. The largest absolute Gasteiger partial charge is 0.465 e. The molecule has 1 aromatic carbocycles. The number of unbranched alkanes of at least 4 members (excludes halogenated alkanes) is 4. The number of nitrogens with zero attached hydrogens (tertiary/aromatic N) is 1. The Morgan fingerprint density at radius 3 is 2.40 bits per heavy atom. The highest BCUT2D eigenvalue weighted by molar-refractivity contribution is 5.89. The van der Waals surface area contributed by atoms with Crippen LogP contribution in [0.3, 0.4) is 0 Å². The lowest BCUT2D eigenvalue weighted by atomic mass is 10.0. The van der Waals surface area contributed by atoms with Gasteiger partial charge in [-0.05, 0) is 30.5 Å². The molecule has 0 bridgehead atoms. The Labute approximate surface area is 152 Å². The zero-order valence-corrected chi connectivity index (χ0v) is 16.0. The highest BCUT2D eigenvalue weighted by Gasteiger charge is 2.17. The number of esters is 1. The van der Waals surface area contributed by atoms with Crippen LogP contribution in [-0.4, -0.2) is 31.3 Å². The predicted molar refractivity (Wildman–Crippen MR) is 102 cm³/mol. The van der Waals surface area contributed by atoms with E-state index in [9.17, 15) is 4.79 Å². The second kappa shape index (κ2) is 12.7. The average Bonchev–Trinajstić information content (AvgIpc) is 2.65. The molecule has 25 heavy (non-hydrogen) atoms. The summed E-state index contributed by atoms with van der Waals surface area (Å²) in [4.78, 5) is 17.2. The van der Waals surface area contributed by atoms with Crippen LogP contribution in [0.1, 0.15) is 67.8 Å². The Morgan fingerprint density at radius 2 is 1.84 bits per heavy atom. The fourth-order valence-electron chi connectivity index (χ4n) is 2.94. The van der Waals surface area contributed by atoms with Gasteiger partial charge in [0, 0.05) is 12.6 Å². The first-order valence-electron chi connectivity index (χ1n) is 9.25. The Morgan fingerprint density at radius 1 is 1.16 bits per heavy atom. The standard InChI is InChI=1S/C21H33NO3/c1-5-7-8-9-10-12-20(11-6-2)22(25-4)17-18-13-15-19(16-14-18)21(23)24-3/h6,13-16,20H,2,5,7-12,17H2,1,3-4H3. The lowest BCUT2D eigenvalue weighted by molar-refractivity contribution is -0.170. The second-order valence-corrected chi connectivity index (χ2v) is 6.33. The van der Waals surface area contributed by atoms with Crippen LogP contribution in [0, 0.1) is 0 Å². The SMILES string of the molecule is C=CCC(CCCCCCC)N(Cc1ccc(C(=O)OC)cc1)OC. The van der Waals surface area contributed by atoms with Gasteiger partial charge in [0.25, 0.3) is 0 Å². The van der Waals surface area contributed by atoms with Gasteiger partial charge in [0.2, 0.25) is 0 Å². The first-order chi connectivity index (χ1) is 12.2. The number of hydroxylamine groups is 2. The number of benzene rings is 1. The molecule has 0 amide bonds. The number of hydrogen-bond donors (Lipinski definition) is 0. The number of carbonyl (C=O) groups excluding carboxylic acids is 1. The van der Waals surface area contributed by atoms with Gasteiger partial charge in [0.15, 0.2) is 0 Å². The topological polar surface area (TPSA) is 38.8 Å². The number of ether oxygens (including phenoxy) is 1. The van der Waals surface area contributed by atoms with E-state index in [-0.39, 0.29) is 5.97 Å². The lowest BCUT2D eigenvalue weighted by Gasteiger charge is -2.29. The normalized spacial score (nSPS) is 12.2. The van der Waals surface area contributed by atoms with E-state index in [1.165, 1.54) is 39.2 Å². The van der Waals surface area contributed by atoms with Gasteiger partial charge < -0.3 is 9.57 Å². The molecule has 0 radical (unpaired) electrons. The summed E-state index contributed by atoms with van der Waals surface area (Å²) >= 11 is 0.